The van der Waals surface area contributed by atoms with Gasteiger partial charge >= 0.3 is 0 Å². The summed E-state index contributed by atoms with van der Waals surface area (Å²) in [6.07, 6.45) is 1.24. The Labute approximate surface area is 165 Å². The van der Waals surface area contributed by atoms with Gasteiger partial charge in [0.2, 0.25) is 0 Å². The van der Waals surface area contributed by atoms with Gasteiger partial charge in [0, 0.05) is 28.3 Å². The number of carbonyl (C=O) groups excluding carboxylic acids is 1. The highest BCUT2D eigenvalue weighted by atomic mass is 35.5. The number of aromatic amines is 1. The number of hydrazone groups is 1. The van der Waals surface area contributed by atoms with Gasteiger partial charge < -0.3 is 0 Å². The molecule has 8 nitrogen and oxygen atoms in total. The van der Waals surface area contributed by atoms with Crippen LogP contribution in [0, 0.1) is 24.0 Å². The lowest BCUT2D eigenvalue weighted by Crippen LogP contribution is -2.18. The lowest BCUT2D eigenvalue weighted by molar-refractivity contribution is -0.384. The van der Waals surface area contributed by atoms with Crippen LogP contribution in [0.25, 0.3) is 11.3 Å². The van der Waals surface area contributed by atoms with E-state index in [1.54, 1.807) is 6.07 Å². The summed E-state index contributed by atoms with van der Waals surface area (Å²) in [6, 6.07) is 11.5. The van der Waals surface area contributed by atoms with Crippen molar-refractivity contribution in [3.8, 4) is 11.3 Å². The molecule has 0 aliphatic heterocycles. The van der Waals surface area contributed by atoms with Crippen LogP contribution in [0.2, 0.25) is 5.02 Å². The van der Waals surface area contributed by atoms with E-state index in [0.717, 1.165) is 11.1 Å². The summed E-state index contributed by atoms with van der Waals surface area (Å²) in [5, 5.41) is 21.7. The smallest absolute Gasteiger partial charge is 0.272 e. The molecule has 28 heavy (non-hydrogen) atoms. The summed E-state index contributed by atoms with van der Waals surface area (Å²) in [5.41, 5.74) is 6.60. The number of non-ortho nitro benzene ring substituents is 1. The van der Waals surface area contributed by atoms with Gasteiger partial charge in [0.1, 0.15) is 5.69 Å². The second-order valence-electron chi connectivity index (χ2n) is 6.13. The first-order valence-corrected chi connectivity index (χ1v) is 8.63. The third-order valence-electron chi connectivity index (χ3n) is 4.19. The van der Waals surface area contributed by atoms with Gasteiger partial charge in [0.25, 0.3) is 11.6 Å². The quantitative estimate of drug-likeness (QED) is 0.384. The van der Waals surface area contributed by atoms with Crippen LogP contribution >= 0.6 is 11.6 Å². The minimum Gasteiger partial charge on any atom is -0.272 e. The molecule has 3 aromatic rings. The van der Waals surface area contributed by atoms with Crippen LogP contribution in [-0.2, 0) is 0 Å². The molecule has 1 aromatic heterocycles. The van der Waals surface area contributed by atoms with Crippen LogP contribution in [0.5, 0.6) is 0 Å². The molecular weight excluding hydrogens is 382 g/mol. The van der Waals surface area contributed by atoms with Crippen molar-refractivity contribution >= 4 is 29.4 Å². The topological polar surface area (TPSA) is 113 Å². The zero-order valence-corrected chi connectivity index (χ0v) is 15.8. The maximum Gasteiger partial charge on any atom is 0.289 e. The molecule has 0 unspecified atom stereocenters. The van der Waals surface area contributed by atoms with Crippen LogP contribution in [0.15, 0.2) is 47.6 Å². The first kappa shape index (κ1) is 19.2. The van der Waals surface area contributed by atoms with E-state index < -0.39 is 10.8 Å². The fraction of sp³-hybridized carbons (Fsp3) is 0.105. The summed E-state index contributed by atoms with van der Waals surface area (Å²) in [5.74, 6) is -0.500. The number of aryl methyl sites for hydroxylation is 2. The number of rotatable bonds is 5. The first-order valence-electron chi connectivity index (χ1n) is 8.25. The third-order valence-corrected chi connectivity index (χ3v) is 4.53. The SMILES string of the molecule is Cc1ccc(-c2cc(C(=O)NN=Cc3cc([N+](=O)[O-])ccc3Cl)[nH]n2)cc1C. The molecule has 2 aromatic carbocycles. The van der Waals surface area contributed by atoms with Gasteiger partial charge in [-0.15, -0.1) is 0 Å². The van der Waals surface area contributed by atoms with Crippen molar-refractivity contribution in [2.24, 2.45) is 5.10 Å². The summed E-state index contributed by atoms with van der Waals surface area (Å²) >= 11 is 5.99. The highest BCUT2D eigenvalue weighted by Gasteiger charge is 2.12. The number of nitrogens with zero attached hydrogens (tertiary/aromatic N) is 3. The van der Waals surface area contributed by atoms with Gasteiger partial charge in [-0.25, -0.2) is 5.43 Å². The van der Waals surface area contributed by atoms with Gasteiger partial charge in [-0.05, 0) is 43.2 Å². The van der Waals surface area contributed by atoms with Gasteiger partial charge in [-0.1, -0.05) is 23.7 Å². The number of benzene rings is 2. The second kappa shape index (κ2) is 8.01. The molecule has 0 atom stereocenters. The van der Waals surface area contributed by atoms with Gasteiger partial charge in [-0.3, -0.25) is 20.0 Å². The summed E-state index contributed by atoms with van der Waals surface area (Å²) in [4.78, 5) is 22.5. The number of halogens is 1. The van der Waals surface area contributed by atoms with Crippen LogP contribution < -0.4 is 5.43 Å². The molecule has 0 bridgehead atoms. The van der Waals surface area contributed by atoms with Crippen molar-refractivity contribution in [3.63, 3.8) is 0 Å². The molecule has 0 aliphatic rings. The summed E-state index contributed by atoms with van der Waals surface area (Å²) < 4.78 is 0. The predicted molar refractivity (Wildman–Crippen MR) is 107 cm³/mol. The summed E-state index contributed by atoms with van der Waals surface area (Å²) in [6.45, 7) is 4.03. The highest BCUT2D eigenvalue weighted by Crippen LogP contribution is 2.21. The van der Waals surface area contributed by atoms with E-state index in [2.05, 4.69) is 20.7 Å². The molecule has 0 fully saturated rings. The van der Waals surface area contributed by atoms with E-state index in [-0.39, 0.29) is 16.4 Å². The molecule has 0 saturated heterocycles. The van der Waals surface area contributed by atoms with E-state index in [9.17, 15) is 14.9 Å². The number of nitro groups is 1. The molecule has 2 N–H and O–H groups in total. The Hall–Kier alpha value is -3.52. The molecule has 9 heteroatoms. The van der Waals surface area contributed by atoms with Crippen molar-refractivity contribution in [2.75, 3.05) is 0 Å². The molecule has 0 radical (unpaired) electrons. The molecule has 1 heterocycles. The van der Waals surface area contributed by atoms with Crippen molar-refractivity contribution < 1.29 is 9.72 Å². The largest absolute Gasteiger partial charge is 0.289 e. The van der Waals surface area contributed by atoms with Gasteiger partial charge in [-0.2, -0.15) is 10.2 Å². The second-order valence-corrected chi connectivity index (χ2v) is 6.54. The lowest BCUT2D eigenvalue weighted by Gasteiger charge is -2.01. The Bertz CT molecular complexity index is 1090. The molecule has 1 amide bonds. The van der Waals surface area contributed by atoms with Crippen LogP contribution in [-0.4, -0.2) is 27.2 Å². The normalized spacial score (nSPS) is 11.0. The molecular formula is C19H16ClN5O3. The molecule has 0 spiro atoms. The van der Waals surface area contributed by atoms with Crippen LogP contribution in [0.1, 0.15) is 27.2 Å². The average Bonchev–Trinajstić information content (AvgIpc) is 3.15. The number of amides is 1. The van der Waals surface area contributed by atoms with Crippen LogP contribution in [0.4, 0.5) is 5.69 Å². The number of hydrogen-bond acceptors (Lipinski definition) is 5. The molecule has 142 valence electrons. The van der Waals surface area contributed by atoms with E-state index in [4.69, 9.17) is 11.6 Å². The fourth-order valence-corrected chi connectivity index (χ4v) is 2.62. The molecule has 3 rings (SSSR count). The monoisotopic (exact) mass is 397 g/mol. The van der Waals surface area contributed by atoms with Gasteiger partial charge in [0.05, 0.1) is 16.8 Å². The number of nitro benzene ring substituents is 1. The number of hydrogen-bond donors (Lipinski definition) is 2. The predicted octanol–water partition coefficient (Wildman–Crippen LogP) is 4.02. The maximum absolute atomic E-state index is 12.2. The number of H-pyrrole nitrogens is 1. The Morgan fingerprint density at radius 3 is 2.71 bits per heavy atom. The number of nitrogens with one attached hydrogen (secondary N) is 2. The standard InChI is InChI=1S/C19H16ClN5O3/c1-11-3-4-13(7-12(11)2)17-9-18(23-22-17)19(26)24-21-10-14-8-15(25(27)28)5-6-16(14)20/h3-10H,1-2H3,(H,22,23)(H,24,26). The fourth-order valence-electron chi connectivity index (χ4n) is 2.45. The maximum atomic E-state index is 12.2. The first-order chi connectivity index (χ1) is 13.3. The minimum atomic E-state index is -0.537. The number of aromatic nitrogens is 2. The Balaban J connectivity index is 1.71. The molecule has 0 saturated carbocycles. The zero-order chi connectivity index (χ0) is 20.3. The molecule has 0 aliphatic carbocycles. The Morgan fingerprint density at radius 1 is 1.21 bits per heavy atom. The van der Waals surface area contributed by atoms with E-state index in [0.29, 0.717) is 11.3 Å². The average molecular weight is 398 g/mol. The third kappa shape index (κ3) is 4.24. The zero-order valence-electron chi connectivity index (χ0n) is 15.1. The van der Waals surface area contributed by atoms with Crippen molar-refractivity contribution in [1.29, 1.82) is 0 Å². The number of carbonyl (C=O) groups is 1. The highest BCUT2D eigenvalue weighted by molar-refractivity contribution is 6.33. The van der Waals surface area contributed by atoms with Crippen LogP contribution in [0.3, 0.4) is 0 Å². The minimum absolute atomic E-state index is 0.122. The van der Waals surface area contributed by atoms with E-state index in [1.165, 1.54) is 30.0 Å². The van der Waals surface area contributed by atoms with Crippen molar-refractivity contribution in [2.45, 2.75) is 13.8 Å². The van der Waals surface area contributed by atoms with Gasteiger partial charge in [0.15, 0.2) is 0 Å². The lowest BCUT2D eigenvalue weighted by atomic mass is 10.0. The Kier molecular flexibility index (Phi) is 5.51. The van der Waals surface area contributed by atoms with Crippen molar-refractivity contribution in [3.05, 3.63) is 80.0 Å². The van der Waals surface area contributed by atoms with Crippen molar-refractivity contribution in [1.82, 2.24) is 15.6 Å². The van der Waals surface area contributed by atoms with E-state index in [1.807, 2.05) is 32.0 Å². The Morgan fingerprint density at radius 2 is 2.00 bits per heavy atom. The summed E-state index contributed by atoms with van der Waals surface area (Å²) in [7, 11) is 0. The van der Waals surface area contributed by atoms with E-state index >= 15 is 0 Å².